The average molecular weight is 673 g/mol. The molecule has 0 saturated carbocycles. The van der Waals surface area contributed by atoms with E-state index in [9.17, 15) is 14.4 Å². The van der Waals surface area contributed by atoms with Gasteiger partial charge in [0, 0.05) is 19.3 Å². The number of carbonyl (C=O) groups is 3. The van der Waals surface area contributed by atoms with Gasteiger partial charge in [0.1, 0.15) is 0 Å². The first kappa shape index (κ1) is 51.0. The Morgan fingerprint density at radius 3 is 0.870 bits per heavy atom. The van der Waals surface area contributed by atoms with Crippen molar-refractivity contribution in [1.29, 1.82) is 0 Å². The molecule has 0 aromatic heterocycles. The number of aliphatic carboxylic acids is 3. The van der Waals surface area contributed by atoms with Crippen molar-refractivity contribution in [3.8, 4) is 0 Å². The summed E-state index contributed by atoms with van der Waals surface area (Å²) in [4.78, 5) is 29.9. The van der Waals surface area contributed by atoms with E-state index >= 15 is 0 Å². The molecule has 278 valence electrons. The van der Waals surface area contributed by atoms with Crippen molar-refractivity contribution >= 4 is 17.9 Å². The van der Waals surface area contributed by atoms with E-state index < -0.39 is 68.4 Å². The van der Waals surface area contributed by atoms with Gasteiger partial charge in [0.2, 0.25) is 0 Å². The minimum absolute atomic E-state index is 0.141. The van der Waals surface area contributed by atoms with Crippen molar-refractivity contribution in [2.24, 2.45) is 10.8 Å². The van der Waals surface area contributed by atoms with Crippen molar-refractivity contribution in [2.75, 3.05) is 52.9 Å². The van der Waals surface area contributed by atoms with Gasteiger partial charge in [-0.05, 0) is 19.3 Å². The number of unbranched alkanes of at least 4 members (excludes halogenated alkanes) is 11. The van der Waals surface area contributed by atoms with Gasteiger partial charge in [0.15, 0.2) is 0 Å². The molecular weight excluding hydrogens is 604 g/mol. The molecule has 0 heterocycles. The number of carboxylic acid groups (broad SMARTS) is 3. The van der Waals surface area contributed by atoms with Crippen molar-refractivity contribution in [3.05, 3.63) is 0 Å². The zero-order valence-corrected chi connectivity index (χ0v) is 28.8. The summed E-state index contributed by atoms with van der Waals surface area (Å²) in [6.07, 6.45) is 16.6. The Morgan fingerprint density at radius 1 is 0.413 bits per heavy atom. The molecule has 0 fully saturated rings. The van der Waals surface area contributed by atoms with Crippen molar-refractivity contribution < 1.29 is 65.1 Å². The summed E-state index contributed by atoms with van der Waals surface area (Å²) in [7, 11) is 0. The van der Waals surface area contributed by atoms with E-state index in [-0.39, 0.29) is 13.2 Å². The van der Waals surface area contributed by atoms with Crippen LogP contribution in [-0.4, -0.2) is 117 Å². The Hall–Kier alpha value is -1.87. The Bertz CT molecular complexity index is 629. The second-order valence-electron chi connectivity index (χ2n) is 11.8. The highest BCUT2D eigenvalue weighted by molar-refractivity contribution is 5.67. The molecule has 0 radical (unpaired) electrons. The van der Waals surface area contributed by atoms with Gasteiger partial charge in [0.25, 0.3) is 0 Å². The number of aliphatic hydroxyl groups is 6. The second-order valence-corrected chi connectivity index (χ2v) is 11.8. The van der Waals surface area contributed by atoms with Crippen LogP contribution in [0.25, 0.3) is 0 Å². The molecule has 0 amide bonds. The van der Waals surface area contributed by atoms with Gasteiger partial charge in [-0.1, -0.05) is 91.4 Å². The van der Waals surface area contributed by atoms with Crippen molar-refractivity contribution in [2.45, 2.75) is 130 Å². The summed E-state index contributed by atoms with van der Waals surface area (Å²) in [5.41, 5.74) is -2.32. The van der Waals surface area contributed by atoms with E-state index in [1.807, 2.05) is 6.92 Å². The number of aliphatic hydroxyl groups excluding tert-OH is 6. The molecule has 0 atom stereocenters. The van der Waals surface area contributed by atoms with Gasteiger partial charge in [-0.25, -0.2) is 0 Å². The van der Waals surface area contributed by atoms with Crippen LogP contribution >= 0.6 is 0 Å². The third kappa shape index (κ3) is 36.6. The highest BCUT2D eigenvalue weighted by Gasteiger charge is 2.32. The average Bonchev–Trinajstić information content (AvgIpc) is 3.05. The van der Waals surface area contributed by atoms with Crippen LogP contribution in [0.3, 0.4) is 0 Å². The molecule has 0 spiro atoms. The van der Waals surface area contributed by atoms with E-state index in [1.54, 1.807) is 0 Å². The summed E-state index contributed by atoms with van der Waals surface area (Å²) in [5.74, 6) is -2.03. The standard InChI is InChI=1S/C10H22O7.C10H20O2.C8H16O2.C5H10O2/c11-1-9(2-12,3-13)7-17-8-10(4-14,5-15)6-16;1-2-3-4-5-6-7-8-9-10(11)12;1-2-3-4-5-6-7-8(9)10;1-2-3-4-5(6)7/h11-16H,1-8H2;2-9H2,1H3,(H,11,12);2-7H2,1H3,(H,9,10);2-4H2,1H3,(H,6,7). The Labute approximate surface area is 276 Å². The highest BCUT2D eigenvalue weighted by Crippen LogP contribution is 2.19. The minimum Gasteiger partial charge on any atom is -0.481 e. The van der Waals surface area contributed by atoms with Crippen LogP contribution in [0.1, 0.15) is 130 Å². The minimum atomic E-state index is -1.16. The van der Waals surface area contributed by atoms with Gasteiger partial charge < -0.3 is 50.7 Å². The molecule has 0 saturated heterocycles. The molecule has 0 aliphatic heterocycles. The first-order valence-electron chi connectivity index (χ1n) is 16.8. The lowest BCUT2D eigenvalue weighted by Gasteiger charge is -2.31. The molecule has 46 heavy (non-hydrogen) atoms. The lowest BCUT2D eigenvalue weighted by Crippen LogP contribution is -2.43. The quantitative estimate of drug-likeness (QED) is 0.0564. The molecular formula is C33H68O13. The smallest absolute Gasteiger partial charge is 0.303 e. The summed E-state index contributed by atoms with van der Waals surface area (Å²) >= 11 is 0. The summed E-state index contributed by atoms with van der Waals surface area (Å²) in [6.45, 7) is 3.32. The SMILES string of the molecule is CCCCC(=O)O.CCCCCCCC(=O)O.CCCCCCCCCC(=O)O.OCC(CO)(CO)COCC(CO)(CO)CO. The number of hydrogen-bond acceptors (Lipinski definition) is 10. The molecule has 13 nitrogen and oxygen atoms in total. The van der Waals surface area contributed by atoms with Crippen molar-refractivity contribution in [1.82, 2.24) is 0 Å². The molecule has 9 N–H and O–H groups in total. The summed E-state index contributed by atoms with van der Waals surface area (Å²) in [6, 6.07) is 0. The van der Waals surface area contributed by atoms with Crippen LogP contribution in [0.4, 0.5) is 0 Å². The normalized spacial score (nSPS) is 10.9. The van der Waals surface area contributed by atoms with E-state index in [1.165, 1.54) is 51.4 Å². The lowest BCUT2D eigenvalue weighted by atomic mass is 9.91. The fraction of sp³-hybridized carbons (Fsp3) is 0.909. The maximum atomic E-state index is 10.1. The van der Waals surface area contributed by atoms with E-state index in [2.05, 4.69) is 13.8 Å². The van der Waals surface area contributed by atoms with Crippen LogP contribution in [0, 0.1) is 10.8 Å². The number of hydrogen-bond donors (Lipinski definition) is 9. The van der Waals surface area contributed by atoms with Crippen LogP contribution in [0.2, 0.25) is 0 Å². The van der Waals surface area contributed by atoms with E-state index in [4.69, 9.17) is 50.7 Å². The molecule has 13 heteroatoms. The third-order valence-corrected chi connectivity index (χ3v) is 7.06. The van der Waals surface area contributed by atoms with Gasteiger partial charge in [-0.15, -0.1) is 0 Å². The lowest BCUT2D eigenvalue weighted by molar-refractivity contribution is -0.138. The molecule has 0 aromatic carbocycles. The maximum Gasteiger partial charge on any atom is 0.303 e. The van der Waals surface area contributed by atoms with Crippen LogP contribution < -0.4 is 0 Å². The van der Waals surface area contributed by atoms with Crippen molar-refractivity contribution in [3.63, 3.8) is 0 Å². The number of carboxylic acids is 3. The molecule has 0 aliphatic rings. The molecule has 0 unspecified atom stereocenters. The fourth-order valence-corrected chi connectivity index (χ4v) is 3.50. The van der Waals surface area contributed by atoms with E-state index in [0.717, 1.165) is 38.5 Å². The molecule has 0 aliphatic carbocycles. The predicted molar refractivity (Wildman–Crippen MR) is 177 cm³/mol. The monoisotopic (exact) mass is 672 g/mol. The van der Waals surface area contributed by atoms with Gasteiger partial charge in [-0.2, -0.15) is 0 Å². The Kier molecular flexibility index (Phi) is 41.7. The first-order valence-corrected chi connectivity index (χ1v) is 16.8. The number of ether oxygens (including phenoxy) is 1. The Morgan fingerprint density at radius 2 is 0.652 bits per heavy atom. The molecule has 0 bridgehead atoms. The van der Waals surface area contributed by atoms with Crippen LogP contribution in [0.5, 0.6) is 0 Å². The van der Waals surface area contributed by atoms with Crippen LogP contribution in [0.15, 0.2) is 0 Å². The first-order chi connectivity index (χ1) is 21.9. The van der Waals surface area contributed by atoms with Gasteiger partial charge in [0.05, 0.1) is 63.7 Å². The van der Waals surface area contributed by atoms with E-state index in [0.29, 0.717) is 19.3 Å². The zero-order valence-electron chi connectivity index (χ0n) is 28.8. The largest absolute Gasteiger partial charge is 0.481 e. The van der Waals surface area contributed by atoms with Gasteiger partial charge >= 0.3 is 17.9 Å². The summed E-state index contributed by atoms with van der Waals surface area (Å²) < 4.78 is 5.15. The topological polar surface area (TPSA) is 243 Å². The zero-order chi connectivity index (χ0) is 36.1. The predicted octanol–water partition coefficient (Wildman–Crippen LogP) is 3.83. The van der Waals surface area contributed by atoms with Crippen LogP contribution in [-0.2, 0) is 19.1 Å². The Balaban J connectivity index is -0.000000269. The summed E-state index contributed by atoms with van der Waals surface area (Å²) in [5, 5.41) is 78.8. The second kappa shape index (κ2) is 37.6. The maximum absolute atomic E-state index is 10.1. The number of rotatable bonds is 27. The molecule has 0 aromatic rings. The van der Waals surface area contributed by atoms with Gasteiger partial charge in [-0.3, -0.25) is 14.4 Å². The molecule has 0 rings (SSSR count). The highest BCUT2D eigenvalue weighted by atomic mass is 16.5. The fourth-order valence-electron chi connectivity index (χ4n) is 3.50. The third-order valence-electron chi connectivity index (χ3n) is 7.06.